The molecule has 2 aliphatic rings. The summed E-state index contributed by atoms with van der Waals surface area (Å²) in [5.74, 6) is 0.230. The lowest BCUT2D eigenvalue weighted by atomic mass is 10.00. The number of aliphatic hydroxyl groups excluding tert-OH is 1. The third kappa shape index (κ3) is 1.03. The molecule has 0 saturated carbocycles. The van der Waals surface area contributed by atoms with Crippen molar-refractivity contribution < 1.29 is 9.90 Å². The van der Waals surface area contributed by atoms with Gasteiger partial charge in [-0.15, -0.1) is 0 Å². The minimum Gasteiger partial charge on any atom is -0.391 e. The van der Waals surface area contributed by atoms with Gasteiger partial charge in [0.25, 0.3) is 0 Å². The Morgan fingerprint density at radius 1 is 1.45 bits per heavy atom. The van der Waals surface area contributed by atoms with Crippen LogP contribution in [0.5, 0.6) is 0 Å². The number of carbonyl (C=O) groups excluding carboxylic acids is 1. The van der Waals surface area contributed by atoms with Gasteiger partial charge in [0.15, 0.2) is 0 Å². The third-order valence-electron chi connectivity index (χ3n) is 2.72. The average molecular weight is 155 g/mol. The second kappa shape index (κ2) is 2.48. The van der Waals surface area contributed by atoms with Gasteiger partial charge in [0.05, 0.1) is 12.1 Å². The van der Waals surface area contributed by atoms with Crippen molar-refractivity contribution in [1.82, 2.24) is 4.90 Å². The lowest BCUT2D eigenvalue weighted by molar-refractivity contribution is -0.132. The zero-order valence-corrected chi connectivity index (χ0v) is 6.49. The van der Waals surface area contributed by atoms with E-state index in [-0.39, 0.29) is 18.1 Å². The molecule has 2 saturated heterocycles. The van der Waals surface area contributed by atoms with Crippen LogP contribution < -0.4 is 0 Å². The minimum absolute atomic E-state index is 0.149. The zero-order valence-electron chi connectivity index (χ0n) is 6.49. The fourth-order valence-corrected chi connectivity index (χ4v) is 2.11. The molecule has 2 atom stereocenters. The van der Waals surface area contributed by atoms with Crippen LogP contribution in [0.1, 0.15) is 25.7 Å². The lowest BCUT2D eigenvalue weighted by Crippen LogP contribution is -2.45. The topological polar surface area (TPSA) is 40.5 Å². The van der Waals surface area contributed by atoms with Crippen LogP contribution in [0.15, 0.2) is 0 Å². The molecular weight excluding hydrogens is 142 g/mol. The molecule has 0 aromatic heterocycles. The molecule has 3 nitrogen and oxygen atoms in total. The van der Waals surface area contributed by atoms with Crippen LogP contribution in [0.2, 0.25) is 0 Å². The normalized spacial score (nSPS) is 37.5. The van der Waals surface area contributed by atoms with Crippen LogP contribution in [0.25, 0.3) is 0 Å². The molecule has 2 aliphatic heterocycles. The molecule has 0 spiro atoms. The predicted octanol–water partition coefficient (Wildman–Crippen LogP) is 0.132. The number of amides is 1. The number of nitrogens with zero attached hydrogens (tertiary/aromatic N) is 1. The van der Waals surface area contributed by atoms with E-state index in [1.807, 2.05) is 4.90 Å². The number of carbonyl (C=O) groups is 1. The molecular formula is C8H13NO2. The summed E-state index contributed by atoms with van der Waals surface area (Å²) >= 11 is 0. The second-order valence-electron chi connectivity index (χ2n) is 3.40. The Labute approximate surface area is 66.0 Å². The summed E-state index contributed by atoms with van der Waals surface area (Å²) in [5, 5.41) is 9.50. The molecule has 0 aromatic carbocycles. The Kier molecular flexibility index (Phi) is 1.60. The second-order valence-corrected chi connectivity index (χ2v) is 3.40. The van der Waals surface area contributed by atoms with E-state index in [1.165, 1.54) is 0 Å². The summed E-state index contributed by atoms with van der Waals surface area (Å²) in [6.07, 6.45) is 3.08. The Hall–Kier alpha value is -0.570. The summed E-state index contributed by atoms with van der Waals surface area (Å²) in [4.78, 5) is 13.0. The van der Waals surface area contributed by atoms with E-state index in [9.17, 15) is 9.90 Å². The quantitative estimate of drug-likeness (QED) is 0.540. The highest BCUT2D eigenvalue weighted by Crippen LogP contribution is 2.27. The number of rotatable bonds is 0. The van der Waals surface area contributed by atoms with Crippen molar-refractivity contribution in [2.45, 2.75) is 37.8 Å². The maximum absolute atomic E-state index is 11.2. The zero-order chi connectivity index (χ0) is 7.84. The highest BCUT2D eigenvalue weighted by molar-refractivity contribution is 5.79. The molecule has 0 aromatic rings. The molecule has 0 unspecified atom stereocenters. The Bertz CT molecular complexity index is 181. The molecule has 2 heterocycles. The van der Waals surface area contributed by atoms with E-state index in [1.54, 1.807) is 0 Å². The first-order valence-corrected chi connectivity index (χ1v) is 4.26. The molecule has 2 fully saturated rings. The first-order valence-electron chi connectivity index (χ1n) is 4.26. The monoisotopic (exact) mass is 155 g/mol. The van der Waals surface area contributed by atoms with Gasteiger partial charge in [-0.2, -0.15) is 0 Å². The Morgan fingerprint density at radius 2 is 2.27 bits per heavy atom. The van der Waals surface area contributed by atoms with Crippen LogP contribution in [-0.2, 0) is 4.79 Å². The molecule has 2 rings (SSSR count). The SMILES string of the molecule is O=C1CC[C@@H]2[C@H](O)CCCN12. The number of aliphatic hydroxyl groups is 1. The summed E-state index contributed by atoms with van der Waals surface area (Å²) in [7, 11) is 0. The van der Waals surface area contributed by atoms with Crippen LogP contribution in [0, 0.1) is 0 Å². The van der Waals surface area contributed by atoms with Crippen molar-refractivity contribution in [3.63, 3.8) is 0 Å². The standard InChI is InChI=1S/C8H13NO2/c10-7-2-1-5-9-6(7)3-4-8(9)11/h6-7,10H,1-5H2/t6-,7-/m1/s1. The lowest BCUT2D eigenvalue weighted by Gasteiger charge is -2.33. The van der Waals surface area contributed by atoms with Crippen LogP contribution in [-0.4, -0.2) is 34.6 Å². The van der Waals surface area contributed by atoms with Gasteiger partial charge in [-0.3, -0.25) is 4.79 Å². The first kappa shape index (κ1) is 7.10. The molecule has 62 valence electrons. The van der Waals surface area contributed by atoms with Gasteiger partial charge >= 0.3 is 0 Å². The smallest absolute Gasteiger partial charge is 0.222 e. The van der Waals surface area contributed by atoms with E-state index in [0.717, 1.165) is 25.8 Å². The Balaban J connectivity index is 2.12. The van der Waals surface area contributed by atoms with E-state index in [2.05, 4.69) is 0 Å². The number of fused-ring (bicyclic) bond motifs is 1. The van der Waals surface area contributed by atoms with Gasteiger partial charge in [0, 0.05) is 13.0 Å². The van der Waals surface area contributed by atoms with E-state index >= 15 is 0 Å². The summed E-state index contributed by atoms with van der Waals surface area (Å²) in [5.41, 5.74) is 0. The summed E-state index contributed by atoms with van der Waals surface area (Å²) in [6, 6.07) is 0.149. The maximum Gasteiger partial charge on any atom is 0.222 e. The van der Waals surface area contributed by atoms with Crippen LogP contribution in [0.3, 0.4) is 0 Å². The average Bonchev–Trinajstić information content (AvgIpc) is 2.35. The van der Waals surface area contributed by atoms with Crippen molar-refractivity contribution in [2.24, 2.45) is 0 Å². The minimum atomic E-state index is -0.254. The van der Waals surface area contributed by atoms with Gasteiger partial charge in [0.1, 0.15) is 0 Å². The molecule has 1 amide bonds. The summed E-state index contributed by atoms with van der Waals surface area (Å²) in [6.45, 7) is 0.862. The van der Waals surface area contributed by atoms with Gasteiger partial charge in [-0.25, -0.2) is 0 Å². The van der Waals surface area contributed by atoms with Crippen molar-refractivity contribution in [3.05, 3.63) is 0 Å². The number of hydrogen-bond acceptors (Lipinski definition) is 2. The highest BCUT2D eigenvalue weighted by Gasteiger charge is 2.37. The molecule has 0 bridgehead atoms. The fourth-order valence-electron chi connectivity index (χ4n) is 2.11. The van der Waals surface area contributed by atoms with Crippen molar-refractivity contribution in [2.75, 3.05) is 6.54 Å². The number of piperidine rings is 1. The van der Waals surface area contributed by atoms with Gasteiger partial charge in [0.2, 0.25) is 5.91 Å². The van der Waals surface area contributed by atoms with E-state index < -0.39 is 0 Å². The first-order chi connectivity index (χ1) is 5.29. The molecule has 0 radical (unpaired) electrons. The fraction of sp³-hybridized carbons (Fsp3) is 0.875. The predicted molar refractivity (Wildman–Crippen MR) is 40.0 cm³/mol. The Morgan fingerprint density at radius 3 is 3.00 bits per heavy atom. The van der Waals surface area contributed by atoms with Crippen molar-refractivity contribution in [1.29, 1.82) is 0 Å². The molecule has 0 aliphatic carbocycles. The summed E-state index contributed by atoms with van der Waals surface area (Å²) < 4.78 is 0. The van der Waals surface area contributed by atoms with Gasteiger partial charge in [-0.1, -0.05) is 0 Å². The van der Waals surface area contributed by atoms with Crippen molar-refractivity contribution >= 4 is 5.91 Å². The van der Waals surface area contributed by atoms with E-state index in [0.29, 0.717) is 6.42 Å². The largest absolute Gasteiger partial charge is 0.391 e. The third-order valence-corrected chi connectivity index (χ3v) is 2.72. The molecule has 1 N–H and O–H groups in total. The number of hydrogen-bond donors (Lipinski definition) is 1. The molecule has 11 heavy (non-hydrogen) atoms. The van der Waals surface area contributed by atoms with Gasteiger partial charge < -0.3 is 10.0 Å². The highest BCUT2D eigenvalue weighted by atomic mass is 16.3. The van der Waals surface area contributed by atoms with Crippen LogP contribution in [0.4, 0.5) is 0 Å². The van der Waals surface area contributed by atoms with E-state index in [4.69, 9.17) is 0 Å². The van der Waals surface area contributed by atoms with Crippen molar-refractivity contribution in [3.8, 4) is 0 Å². The van der Waals surface area contributed by atoms with Crippen LogP contribution >= 0.6 is 0 Å². The van der Waals surface area contributed by atoms with Gasteiger partial charge in [-0.05, 0) is 19.3 Å². The molecule has 3 heteroatoms. The maximum atomic E-state index is 11.2.